The molecular weight excluding hydrogens is 1280 g/mol. The summed E-state index contributed by atoms with van der Waals surface area (Å²) in [6, 6.07) is 16.4. The van der Waals surface area contributed by atoms with Crippen LogP contribution in [0, 0.1) is 0 Å². The van der Waals surface area contributed by atoms with Crippen molar-refractivity contribution >= 4 is 135 Å². The van der Waals surface area contributed by atoms with Crippen molar-refractivity contribution in [1.29, 1.82) is 0 Å². The second-order valence-electron chi connectivity index (χ2n) is 20.4. The number of fused-ring (bicyclic) bond motifs is 6. The van der Waals surface area contributed by atoms with Crippen molar-refractivity contribution in [2.75, 3.05) is 6.54 Å². The van der Waals surface area contributed by atoms with E-state index in [2.05, 4.69) is 105 Å². The molecule has 86 heavy (non-hydrogen) atoms. The van der Waals surface area contributed by atoms with Gasteiger partial charge < -0.3 is 0 Å². The minimum absolute atomic E-state index is 0. The van der Waals surface area contributed by atoms with Gasteiger partial charge in [-0.25, -0.2) is 9.97 Å². The normalized spacial score (nSPS) is 12.4. The van der Waals surface area contributed by atoms with Crippen LogP contribution in [0.15, 0.2) is 64.3 Å². The smallest absolute Gasteiger partial charge is 0.292 e. The van der Waals surface area contributed by atoms with E-state index in [1.54, 1.807) is 22.7 Å². The summed E-state index contributed by atoms with van der Waals surface area (Å²) in [5.74, 6) is -0.00972. The van der Waals surface area contributed by atoms with Crippen molar-refractivity contribution in [1.82, 2.24) is 9.97 Å². The number of ketones is 4. The summed E-state index contributed by atoms with van der Waals surface area (Å²) in [5.41, 5.74) is 12.6. The molecule has 0 bridgehead atoms. The molecule has 0 saturated carbocycles. The Morgan fingerprint density at radius 2 is 0.895 bits per heavy atom. The molecule has 0 spiro atoms. The molecular formula is C60H73BN4O15S5Y+. The Bertz CT molecular complexity index is 3750. The molecule has 2 aromatic carbocycles. The van der Waals surface area contributed by atoms with Gasteiger partial charge in [-0.05, 0) is 129 Å². The van der Waals surface area contributed by atoms with Crippen molar-refractivity contribution in [3.63, 3.8) is 0 Å². The van der Waals surface area contributed by atoms with E-state index in [0.717, 1.165) is 82.4 Å². The van der Waals surface area contributed by atoms with Gasteiger partial charge >= 0.3 is 38.0 Å². The van der Waals surface area contributed by atoms with Crippen molar-refractivity contribution < 1.29 is 104 Å². The fourth-order valence-corrected chi connectivity index (χ4v) is 11.4. The number of hydrogen-bond donors (Lipinski definition) is 0. The van der Waals surface area contributed by atoms with Crippen molar-refractivity contribution in [2.45, 2.75) is 171 Å². The third-order valence-electron chi connectivity index (χ3n) is 14.1. The second kappa shape index (κ2) is 37.7. The topological polar surface area (TPSA) is 297 Å². The molecule has 0 fully saturated rings. The zero-order valence-electron chi connectivity index (χ0n) is 49.6. The molecule has 2 aliphatic rings. The summed E-state index contributed by atoms with van der Waals surface area (Å²) in [7, 11) is -9.33. The quantitative estimate of drug-likeness (QED) is 0.0315. The summed E-state index contributed by atoms with van der Waals surface area (Å²) in [5, 5.41) is 6.63. The molecule has 6 aromatic rings. The molecule has 19 nitrogen and oxygen atoms in total. The minimum atomic E-state index is -3.11. The number of pyridine rings is 2. The summed E-state index contributed by atoms with van der Waals surface area (Å²) < 4.78 is 80.9. The standard InChI is InChI=1S/C32H41N2O2S.C26H28N2O2S.CO2.CH4.B.3O3S.Y/c1-7-10-12-16-34-21(4)32(5,6)25-20-24(31-23(30(25)34)15-17-37-31)22-18-26(28(35)13-9-3)33-27(19-22)29(36)14-11-8-2;1-6-8-22(29)20-12-16(13-21(28-20)23(30)9-7-2)18-14-19-24(17-10-11-31-25(17)18)27-15(3)26(19,4)5;2-1-3;;;3*1-4(2)3;/h15,17-20H,7-14,16H2,1-6H3;10-14H,6-9H2,1-5H3;;1H4;;;;;/q+1;;;;;;;;. The Morgan fingerprint density at radius 1 is 0.535 bits per heavy atom. The fourth-order valence-electron chi connectivity index (χ4n) is 9.52. The van der Waals surface area contributed by atoms with Gasteiger partial charge in [-0.1, -0.05) is 68.7 Å². The van der Waals surface area contributed by atoms with E-state index in [1.807, 2.05) is 45.0 Å². The van der Waals surface area contributed by atoms with Gasteiger partial charge in [0.25, 0.3) is 0 Å². The Labute approximate surface area is 543 Å². The van der Waals surface area contributed by atoms with Gasteiger partial charge in [0.2, 0.25) is 5.69 Å². The summed E-state index contributed by atoms with van der Waals surface area (Å²) >= 11 is 3.40. The Balaban J connectivity index is 0.00000133. The molecule has 0 aliphatic carbocycles. The molecule has 4 aromatic heterocycles. The molecule has 4 radical (unpaired) electrons. The summed E-state index contributed by atoms with van der Waals surface area (Å²) in [4.78, 5) is 81.6. The van der Waals surface area contributed by atoms with E-state index in [4.69, 9.17) is 52.5 Å². The predicted octanol–water partition coefficient (Wildman–Crippen LogP) is 12.9. The van der Waals surface area contributed by atoms with Crippen LogP contribution < -0.4 is 0 Å². The largest absolute Gasteiger partial charge is 0.425 e. The van der Waals surface area contributed by atoms with Crippen LogP contribution in [0.25, 0.3) is 42.4 Å². The van der Waals surface area contributed by atoms with E-state index in [1.165, 1.54) is 51.9 Å². The maximum absolute atomic E-state index is 13.1. The van der Waals surface area contributed by atoms with Gasteiger partial charge in [0.05, 0.1) is 16.5 Å². The number of benzene rings is 2. The van der Waals surface area contributed by atoms with Crippen LogP contribution in [-0.2, 0) is 85.0 Å². The summed E-state index contributed by atoms with van der Waals surface area (Å²) in [6.45, 7) is 24.7. The van der Waals surface area contributed by atoms with Crippen LogP contribution in [-0.4, -0.2) is 108 Å². The first-order chi connectivity index (χ1) is 39.1. The van der Waals surface area contributed by atoms with Crippen LogP contribution in [0.2, 0.25) is 0 Å². The zero-order chi connectivity index (χ0) is 62.5. The number of carbonyl (C=O) groups is 4. The third kappa shape index (κ3) is 21.2. The van der Waals surface area contributed by atoms with E-state index < -0.39 is 31.8 Å². The third-order valence-corrected chi connectivity index (χ3v) is 16.0. The number of nitrogens with zero attached hydrogens (tertiary/aromatic N) is 4. The predicted molar refractivity (Wildman–Crippen MR) is 332 cm³/mol. The van der Waals surface area contributed by atoms with Crippen LogP contribution in [0.1, 0.15) is 214 Å². The molecule has 26 heteroatoms. The number of Topliss-reactive ketones (excluding diaryl/α,β-unsaturated/α-hetero) is 4. The number of rotatable bonds is 19. The minimum Gasteiger partial charge on any atom is -0.292 e. The van der Waals surface area contributed by atoms with Crippen LogP contribution in [0.4, 0.5) is 11.4 Å². The van der Waals surface area contributed by atoms with Gasteiger partial charge in [-0.15, -0.1) is 60.6 Å². The van der Waals surface area contributed by atoms with E-state index in [0.29, 0.717) is 48.5 Å². The van der Waals surface area contributed by atoms with Crippen molar-refractivity contribution in [3.05, 3.63) is 93.2 Å². The zero-order valence-corrected chi connectivity index (χ0v) is 56.5. The number of thiophene rings is 2. The number of aromatic nitrogens is 2. The maximum Gasteiger partial charge on any atom is 0.425 e. The van der Waals surface area contributed by atoms with Crippen LogP contribution in [0.5, 0.6) is 0 Å². The molecule has 458 valence electrons. The molecule has 8 rings (SSSR count). The van der Waals surface area contributed by atoms with Crippen LogP contribution in [0.3, 0.4) is 0 Å². The number of carbonyl (C=O) groups excluding carboxylic acids is 6. The number of hydrogen-bond acceptors (Lipinski definition) is 20. The number of aliphatic imine (C=N–C) groups is 1. The Kier molecular flexibility index (Phi) is 35.1. The molecule has 0 unspecified atom stereocenters. The fraction of sp³-hybridized carbons (Fsp3) is 0.450. The van der Waals surface area contributed by atoms with Gasteiger partial charge in [0, 0.05) is 123 Å². The molecule has 6 heterocycles. The SMILES string of the molecule is C.CCCC(=O)c1cc(-c2cc3c(c4ccsc24)N=C(C)C3(C)C)cc(C(=O)CCC)n1.CCCCC[N+]1=C(C)C(C)(C)c2cc(-c3cc(C(=O)CCC)nc(C(=O)CCCC)c3)c3sccc3c21.O=C=O.O=S(=O)=O.O=S(=O)=O.O=S(=O)=O.[B].[Y]. The first-order valence-electron chi connectivity index (χ1n) is 26.9. The monoisotopic (exact) mass is 1350 g/mol. The van der Waals surface area contributed by atoms with E-state index in [-0.39, 0.29) is 88.7 Å². The first-order valence-corrected chi connectivity index (χ1v) is 31.6. The van der Waals surface area contributed by atoms with E-state index >= 15 is 0 Å². The first kappa shape index (κ1) is 80.1. The maximum atomic E-state index is 13.1. The second-order valence-corrected chi connectivity index (χ2v) is 23.4. The summed E-state index contributed by atoms with van der Waals surface area (Å²) in [6.07, 6.45) is 9.65. The van der Waals surface area contributed by atoms with Gasteiger partial charge in [-0.2, -0.15) is 14.2 Å². The van der Waals surface area contributed by atoms with Crippen LogP contribution >= 0.6 is 22.7 Å². The Hall–Kier alpha value is -5.91. The van der Waals surface area contributed by atoms with Crippen molar-refractivity contribution in [2.24, 2.45) is 4.99 Å². The molecule has 2 aliphatic heterocycles. The van der Waals surface area contributed by atoms with Gasteiger partial charge in [0.1, 0.15) is 29.3 Å². The molecule has 0 amide bonds. The van der Waals surface area contributed by atoms with Crippen molar-refractivity contribution in [3.8, 4) is 22.3 Å². The molecule has 0 N–H and O–H groups in total. The average molecular weight is 1350 g/mol. The van der Waals surface area contributed by atoms with Gasteiger partial charge in [0.15, 0.2) is 28.8 Å². The van der Waals surface area contributed by atoms with E-state index in [9.17, 15) is 19.2 Å². The molecule has 0 atom stereocenters. The Morgan fingerprint density at radius 3 is 1.28 bits per heavy atom. The molecule has 0 saturated heterocycles. The van der Waals surface area contributed by atoms with Gasteiger partial charge in [-0.3, -0.25) is 24.2 Å². The average Bonchev–Trinajstić information content (AvgIpc) is 1.66. The number of unbranched alkanes of at least 4 members (excludes halogenated alkanes) is 3.